The fourth-order valence-electron chi connectivity index (χ4n) is 4.47. The summed E-state index contributed by atoms with van der Waals surface area (Å²) in [6, 6.07) is 19.3. The van der Waals surface area contributed by atoms with Gasteiger partial charge in [0.1, 0.15) is 11.5 Å². The summed E-state index contributed by atoms with van der Waals surface area (Å²) in [4.78, 5) is 32.9. The Balaban J connectivity index is 1.71. The molecule has 0 aliphatic carbocycles. The molecule has 1 fully saturated rings. The minimum absolute atomic E-state index is 0.0394. The van der Waals surface area contributed by atoms with Gasteiger partial charge in [0.2, 0.25) is 0 Å². The third kappa shape index (κ3) is 3.98. The first-order valence-electron chi connectivity index (χ1n) is 11.4. The van der Waals surface area contributed by atoms with E-state index in [1.807, 2.05) is 51.1 Å². The van der Waals surface area contributed by atoms with Crippen LogP contribution in [0.4, 0.5) is 5.13 Å². The van der Waals surface area contributed by atoms with Crippen LogP contribution in [0, 0.1) is 13.8 Å². The summed E-state index contributed by atoms with van der Waals surface area (Å²) in [5.74, 6) is -0.979. The highest BCUT2D eigenvalue weighted by atomic mass is 32.1. The molecule has 1 saturated heterocycles. The molecule has 6 nitrogen and oxygen atoms in total. The van der Waals surface area contributed by atoms with Crippen LogP contribution in [0.15, 0.2) is 72.3 Å². The van der Waals surface area contributed by atoms with E-state index in [2.05, 4.69) is 0 Å². The smallest absolute Gasteiger partial charge is 0.301 e. The predicted molar refractivity (Wildman–Crippen MR) is 138 cm³/mol. The number of aromatic nitrogens is 1. The summed E-state index contributed by atoms with van der Waals surface area (Å²) in [6.45, 7) is 6.42. The molecule has 1 aliphatic rings. The minimum atomic E-state index is -0.826. The number of nitrogens with zero attached hydrogens (tertiary/aromatic N) is 2. The van der Waals surface area contributed by atoms with Crippen molar-refractivity contribution in [1.82, 2.24) is 4.98 Å². The van der Waals surface area contributed by atoms with E-state index in [0.717, 1.165) is 21.3 Å². The molecular formula is C28H24N2O4S. The zero-order valence-electron chi connectivity index (χ0n) is 19.6. The van der Waals surface area contributed by atoms with Gasteiger partial charge in [-0.15, -0.1) is 0 Å². The number of carbonyl (C=O) groups excluding carboxylic acids is 2. The molecule has 7 heteroatoms. The van der Waals surface area contributed by atoms with Crippen molar-refractivity contribution in [3.8, 4) is 5.75 Å². The summed E-state index contributed by atoms with van der Waals surface area (Å²) in [7, 11) is 0. The van der Waals surface area contributed by atoms with Crippen molar-refractivity contribution in [1.29, 1.82) is 0 Å². The van der Waals surface area contributed by atoms with Gasteiger partial charge in [-0.1, -0.05) is 59.9 Å². The van der Waals surface area contributed by atoms with Gasteiger partial charge in [0.05, 0.1) is 28.4 Å². The first-order valence-corrected chi connectivity index (χ1v) is 12.2. The quantitative estimate of drug-likeness (QED) is 0.215. The molecule has 3 aromatic carbocycles. The molecule has 35 heavy (non-hydrogen) atoms. The highest BCUT2D eigenvalue weighted by Crippen LogP contribution is 2.45. The zero-order chi connectivity index (χ0) is 24.7. The fourth-order valence-corrected chi connectivity index (χ4v) is 5.64. The van der Waals surface area contributed by atoms with Crippen LogP contribution in [0.5, 0.6) is 5.75 Å². The van der Waals surface area contributed by atoms with Crippen molar-refractivity contribution >= 4 is 44.1 Å². The number of aryl methyl sites for hydroxylation is 2. The Kier molecular flexibility index (Phi) is 5.86. The lowest BCUT2D eigenvalue weighted by Crippen LogP contribution is -2.29. The van der Waals surface area contributed by atoms with Gasteiger partial charge in [-0.2, -0.15) is 0 Å². The first-order chi connectivity index (χ1) is 16.9. The average molecular weight is 485 g/mol. The lowest BCUT2D eigenvalue weighted by Gasteiger charge is -2.23. The van der Waals surface area contributed by atoms with Crippen LogP contribution in [-0.2, 0) is 9.59 Å². The van der Waals surface area contributed by atoms with Crippen molar-refractivity contribution in [3.05, 3.63) is 94.6 Å². The van der Waals surface area contributed by atoms with Gasteiger partial charge in [-0.3, -0.25) is 14.5 Å². The van der Waals surface area contributed by atoms with E-state index in [1.54, 1.807) is 36.4 Å². The number of carbonyl (C=O) groups is 2. The SMILES string of the molecule is CCOc1ccc(C2/C(=C(\O)c3ccccc3)C(=O)C(=O)N2c2nc3c(C)cc(C)cc3s2)cc1. The van der Waals surface area contributed by atoms with Crippen LogP contribution in [0.1, 0.15) is 35.2 Å². The molecule has 1 aliphatic heterocycles. The molecule has 0 bridgehead atoms. The molecule has 5 rings (SSSR count). The standard InChI is InChI=1S/C28H24N2O4S/c1-4-34-20-12-10-18(11-13-20)24-22(25(31)19-8-6-5-7-9-19)26(32)27(33)30(24)28-29-23-17(3)14-16(2)15-21(23)35-28/h5-15,24,31H,4H2,1-3H3/b25-22+. The van der Waals surface area contributed by atoms with Gasteiger partial charge in [0.15, 0.2) is 5.13 Å². The van der Waals surface area contributed by atoms with E-state index in [1.165, 1.54) is 16.2 Å². The number of anilines is 1. The number of benzene rings is 3. The minimum Gasteiger partial charge on any atom is -0.507 e. The van der Waals surface area contributed by atoms with Gasteiger partial charge >= 0.3 is 5.91 Å². The Hall–Kier alpha value is -3.97. The van der Waals surface area contributed by atoms with Crippen LogP contribution < -0.4 is 9.64 Å². The molecule has 0 radical (unpaired) electrons. The van der Waals surface area contributed by atoms with Gasteiger partial charge < -0.3 is 9.84 Å². The number of fused-ring (bicyclic) bond motifs is 1. The maximum atomic E-state index is 13.4. The maximum Gasteiger partial charge on any atom is 0.301 e. The monoisotopic (exact) mass is 484 g/mol. The maximum absolute atomic E-state index is 13.4. The number of rotatable bonds is 5. The van der Waals surface area contributed by atoms with E-state index in [-0.39, 0.29) is 11.3 Å². The van der Waals surface area contributed by atoms with E-state index in [4.69, 9.17) is 9.72 Å². The molecule has 1 aromatic heterocycles. The number of hydrogen-bond donors (Lipinski definition) is 1. The van der Waals surface area contributed by atoms with Crippen LogP contribution in [0.25, 0.3) is 16.0 Å². The molecule has 2 heterocycles. The van der Waals surface area contributed by atoms with Crippen LogP contribution >= 0.6 is 11.3 Å². The molecule has 1 amide bonds. The first kappa shape index (κ1) is 22.8. The Morgan fingerprint density at radius 1 is 1.06 bits per heavy atom. The molecule has 0 saturated carbocycles. The number of aliphatic hydroxyl groups excluding tert-OH is 1. The average Bonchev–Trinajstić information content (AvgIpc) is 3.39. The number of thiazole rings is 1. The molecule has 0 spiro atoms. The summed E-state index contributed by atoms with van der Waals surface area (Å²) >= 11 is 1.36. The van der Waals surface area contributed by atoms with Gasteiger partial charge in [0, 0.05) is 5.56 Å². The van der Waals surface area contributed by atoms with Crippen LogP contribution in [-0.4, -0.2) is 28.4 Å². The summed E-state index contributed by atoms with van der Waals surface area (Å²) < 4.78 is 6.50. The van der Waals surface area contributed by atoms with E-state index < -0.39 is 17.7 Å². The molecule has 1 atom stereocenters. The number of ether oxygens (including phenoxy) is 1. The molecule has 1 unspecified atom stereocenters. The normalized spacial score (nSPS) is 17.3. The van der Waals surface area contributed by atoms with Crippen LogP contribution in [0.3, 0.4) is 0 Å². The Labute approximate surface area is 207 Å². The largest absolute Gasteiger partial charge is 0.507 e. The Morgan fingerprint density at radius 3 is 2.46 bits per heavy atom. The second-order valence-corrected chi connectivity index (χ2v) is 9.47. The molecular weight excluding hydrogens is 460 g/mol. The summed E-state index contributed by atoms with van der Waals surface area (Å²) in [5.41, 5.74) is 4.08. The molecule has 176 valence electrons. The molecule has 4 aromatic rings. The van der Waals surface area contributed by atoms with Gasteiger partial charge in [-0.05, 0) is 55.7 Å². The van der Waals surface area contributed by atoms with Crippen molar-refractivity contribution in [3.63, 3.8) is 0 Å². The third-order valence-electron chi connectivity index (χ3n) is 6.02. The van der Waals surface area contributed by atoms with E-state index in [9.17, 15) is 14.7 Å². The summed E-state index contributed by atoms with van der Waals surface area (Å²) in [6.07, 6.45) is 0. The Bertz CT molecular complexity index is 1470. The number of amides is 1. The summed E-state index contributed by atoms with van der Waals surface area (Å²) in [5, 5.41) is 11.6. The fraction of sp³-hybridized carbons (Fsp3) is 0.179. The highest BCUT2D eigenvalue weighted by molar-refractivity contribution is 7.22. The lowest BCUT2D eigenvalue weighted by atomic mass is 9.95. The third-order valence-corrected chi connectivity index (χ3v) is 7.02. The second kappa shape index (κ2) is 9.00. The lowest BCUT2D eigenvalue weighted by molar-refractivity contribution is -0.132. The Morgan fingerprint density at radius 2 is 1.77 bits per heavy atom. The second-order valence-electron chi connectivity index (χ2n) is 8.46. The molecule has 1 N–H and O–H groups in total. The van der Waals surface area contributed by atoms with Crippen molar-refractivity contribution in [2.24, 2.45) is 0 Å². The number of ketones is 1. The van der Waals surface area contributed by atoms with Crippen LogP contribution in [0.2, 0.25) is 0 Å². The number of aliphatic hydroxyl groups is 1. The van der Waals surface area contributed by atoms with Gasteiger partial charge in [-0.25, -0.2) is 4.98 Å². The number of Topliss-reactive ketones (excluding diaryl/α,β-unsaturated/α-hetero) is 1. The van der Waals surface area contributed by atoms with Gasteiger partial charge in [0.25, 0.3) is 5.78 Å². The predicted octanol–water partition coefficient (Wildman–Crippen LogP) is 5.94. The number of hydrogen-bond acceptors (Lipinski definition) is 6. The van der Waals surface area contributed by atoms with E-state index >= 15 is 0 Å². The van der Waals surface area contributed by atoms with Crippen molar-refractivity contribution < 1.29 is 19.4 Å². The van der Waals surface area contributed by atoms with Crippen molar-refractivity contribution in [2.75, 3.05) is 11.5 Å². The highest BCUT2D eigenvalue weighted by Gasteiger charge is 2.48. The topological polar surface area (TPSA) is 79.7 Å². The van der Waals surface area contributed by atoms with E-state index in [0.29, 0.717) is 28.6 Å². The van der Waals surface area contributed by atoms with Crippen molar-refractivity contribution in [2.45, 2.75) is 26.8 Å². The zero-order valence-corrected chi connectivity index (χ0v) is 20.4.